The molecule has 0 aliphatic carbocycles. The zero-order valence-electron chi connectivity index (χ0n) is 20.3. The number of fused-ring (bicyclic) bond motifs is 2. The van der Waals surface area contributed by atoms with Crippen LogP contribution in [0.3, 0.4) is 0 Å². The van der Waals surface area contributed by atoms with E-state index >= 15 is 0 Å². The Balaban J connectivity index is 1.45. The molecular formula is C21H32N5O8P. The van der Waals surface area contributed by atoms with Gasteiger partial charge in [-0.05, 0) is 33.6 Å². The number of hydrogen-bond acceptors (Lipinski definition) is 12. The Bertz CT molecular complexity index is 1100. The van der Waals surface area contributed by atoms with Crippen molar-refractivity contribution in [2.45, 2.75) is 71.5 Å². The van der Waals surface area contributed by atoms with Crippen LogP contribution >= 0.6 is 7.82 Å². The molecule has 0 spiro atoms. The first-order valence-electron chi connectivity index (χ1n) is 11.8. The SMILES string of the molecule is CCOc1nc(N)nc2c1ncn2C1OC2COP(=O)(OCCCC(=O)OC(C)C)OC2C1CC. The molecule has 14 heteroatoms. The maximum atomic E-state index is 13.1. The second-order valence-electron chi connectivity index (χ2n) is 8.57. The summed E-state index contributed by atoms with van der Waals surface area (Å²) in [7, 11) is -3.82. The topological polar surface area (TPSA) is 159 Å². The van der Waals surface area contributed by atoms with Crippen molar-refractivity contribution in [3.05, 3.63) is 6.33 Å². The average Bonchev–Trinajstić information content (AvgIpc) is 3.37. The van der Waals surface area contributed by atoms with Gasteiger partial charge in [-0.1, -0.05) is 6.92 Å². The smallest absolute Gasteiger partial charge is 0.475 e. The molecule has 5 unspecified atom stereocenters. The Morgan fingerprint density at radius 3 is 2.86 bits per heavy atom. The molecule has 2 saturated heterocycles. The summed E-state index contributed by atoms with van der Waals surface area (Å²) >= 11 is 0. The first-order chi connectivity index (χ1) is 16.7. The van der Waals surface area contributed by atoms with E-state index in [1.54, 1.807) is 24.7 Å². The van der Waals surface area contributed by atoms with E-state index in [1.807, 2.05) is 13.8 Å². The van der Waals surface area contributed by atoms with Crippen molar-refractivity contribution in [3.8, 4) is 5.88 Å². The van der Waals surface area contributed by atoms with Gasteiger partial charge in [0.15, 0.2) is 11.2 Å². The molecule has 194 valence electrons. The average molecular weight is 513 g/mol. The highest BCUT2D eigenvalue weighted by Crippen LogP contribution is 2.58. The molecule has 2 aromatic rings. The molecule has 13 nitrogen and oxygen atoms in total. The molecule has 4 heterocycles. The number of imidazole rings is 1. The van der Waals surface area contributed by atoms with Gasteiger partial charge in [0.2, 0.25) is 11.8 Å². The molecule has 0 saturated carbocycles. The van der Waals surface area contributed by atoms with Crippen LogP contribution in [-0.2, 0) is 32.4 Å². The summed E-state index contributed by atoms with van der Waals surface area (Å²) in [5.41, 5.74) is 6.83. The van der Waals surface area contributed by atoms with Gasteiger partial charge in [0.1, 0.15) is 18.4 Å². The highest BCUT2D eigenvalue weighted by atomic mass is 31.2. The van der Waals surface area contributed by atoms with E-state index in [0.29, 0.717) is 36.5 Å². The fourth-order valence-corrected chi connectivity index (χ4v) is 5.71. The number of carbonyl (C=O) groups is 1. The van der Waals surface area contributed by atoms with Crippen molar-refractivity contribution in [1.29, 1.82) is 0 Å². The van der Waals surface area contributed by atoms with Crippen LogP contribution < -0.4 is 10.5 Å². The van der Waals surface area contributed by atoms with Crippen molar-refractivity contribution >= 4 is 30.9 Å². The highest BCUT2D eigenvalue weighted by Gasteiger charge is 2.53. The lowest BCUT2D eigenvalue weighted by Crippen LogP contribution is -2.37. The number of aromatic nitrogens is 4. The number of phosphoric acid groups is 1. The summed E-state index contributed by atoms with van der Waals surface area (Å²) in [4.78, 5) is 24.5. The number of nitrogens with two attached hydrogens (primary N) is 1. The molecule has 2 fully saturated rings. The zero-order valence-corrected chi connectivity index (χ0v) is 21.2. The van der Waals surface area contributed by atoms with Gasteiger partial charge in [-0.25, -0.2) is 9.55 Å². The van der Waals surface area contributed by atoms with Crippen LogP contribution in [0.25, 0.3) is 11.2 Å². The van der Waals surface area contributed by atoms with Crippen molar-refractivity contribution in [2.75, 3.05) is 25.6 Å². The lowest BCUT2D eigenvalue weighted by atomic mass is 9.97. The molecule has 0 amide bonds. The van der Waals surface area contributed by atoms with Gasteiger partial charge in [0.05, 0.1) is 32.3 Å². The van der Waals surface area contributed by atoms with Gasteiger partial charge in [0.25, 0.3) is 0 Å². The number of hydrogen-bond donors (Lipinski definition) is 1. The van der Waals surface area contributed by atoms with Crippen LogP contribution in [0.15, 0.2) is 6.33 Å². The fourth-order valence-electron chi connectivity index (χ4n) is 4.24. The van der Waals surface area contributed by atoms with E-state index in [1.165, 1.54) is 0 Å². The van der Waals surface area contributed by atoms with Crippen LogP contribution in [0, 0.1) is 5.92 Å². The second kappa shape index (κ2) is 10.8. The number of anilines is 1. The molecule has 0 bridgehead atoms. The van der Waals surface area contributed by atoms with Crippen molar-refractivity contribution in [3.63, 3.8) is 0 Å². The molecule has 0 aromatic carbocycles. The van der Waals surface area contributed by atoms with E-state index in [-0.39, 0.29) is 43.6 Å². The molecule has 2 aliphatic rings. The van der Waals surface area contributed by atoms with Gasteiger partial charge in [-0.15, -0.1) is 0 Å². The monoisotopic (exact) mass is 513 g/mol. The highest BCUT2D eigenvalue weighted by molar-refractivity contribution is 7.48. The lowest BCUT2D eigenvalue weighted by Gasteiger charge is -2.32. The summed E-state index contributed by atoms with van der Waals surface area (Å²) in [5.74, 6) is -0.172. The predicted octanol–water partition coefficient (Wildman–Crippen LogP) is 3.00. The number of nitrogen functional groups attached to an aromatic ring is 1. The van der Waals surface area contributed by atoms with Crippen LogP contribution in [-0.4, -0.2) is 63.6 Å². The minimum Gasteiger partial charge on any atom is -0.476 e. The third-order valence-corrected chi connectivity index (χ3v) is 7.16. The Morgan fingerprint density at radius 1 is 1.34 bits per heavy atom. The zero-order chi connectivity index (χ0) is 25.2. The summed E-state index contributed by atoms with van der Waals surface area (Å²) < 4.78 is 48.5. The number of carbonyl (C=O) groups excluding carboxylic acids is 1. The number of rotatable bonds is 10. The van der Waals surface area contributed by atoms with E-state index in [0.717, 1.165) is 0 Å². The summed E-state index contributed by atoms with van der Waals surface area (Å²) in [5, 5.41) is 0. The fraction of sp³-hybridized carbons (Fsp3) is 0.714. The molecule has 0 radical (unpaired) electrons. The van der Waals surface area contributed by atoms with Crippen LogP contribution in [0.4, 0.5) is 5.95 Å². The predicted molar refractivity (Wildman–Crippen MR) is 123 cm³/mol. The molecule has 4 rings (SSSR count). The first-order valence-corrected chi connectivity index (χ1v) is 13.3. The molecule has 35 heavy (non-hydrogen) atoms. The number of esters is 1. The van der Waals surface area contributed by atoms with Crippen molar-refractivity contribution in [1.82, 2.24) is 19.5 Å². The first kappa shape index (κ1) is 25.8. The van der Waals surface area contributed by atoms with E-state index in [9.17, 15) is 9.36 Å². The molecule has 2 N–H and O–H groups in total. The number of ether oxygens (including phenoxy) is 3. The van der Waals surface area contributed by atoms with E-state index in [2.05, 4.69) is 15.0 Å². The van der Waals surface area contributed by atoms with Crippen molar-refractivity contribution in [2.24, 2.45) is 5.92 Å². The van der Waals surface area contributed by atoms with Crippen LogP contribution in [0.5, 0.6) is 5.88 Å². The maximum Gasteiger partial charge on any atom is 0.475 e. The lowest BCUT2D eigenvalue weighted by molar-refractivity contribution is -0.147. The third kappa shape index (κ3) is 5.59. The Labute approximate surface area is 203 Å². The van der Waals surface area contributed by atoms with Gasteiger partial charge in [-0.3, -0.25) is 22.9 Å². The third-order valence-electron chi connectivity index (χ3n) is 5.69. The normalized spacial score (nSPS) is 28.4. The molecule has 5 atom stereocenters. The molecular weight excluding hydrogens is 481 g/mol. The van der Waals surface area contributed by atoms with Gasteiger partial charge in [0, 0.05) is 12.3 Å². The number of nitrogens with zero attached hydrogens (tertiary/aromatic N) is 4. The molecule has 2 aromatic heterocycles. The van der Waals surface area contributed by atoms with E-state index < -0.39 is 26.3 Å². The summed E-state index contributed by atoms with van der Waals surface area (Å²) in [6.07, 6.45) is 1.05. The minimum atomic E-state index is -3.82. The summed E-state index contributed by atoms with van der Waals surface area (Å²) in [6.45, 7) is 7.86. The van der Waals surface area contributed by atoms with Gasteiger partial charge in [-0.2, -0.15) is 9.97 Å². The maximum absolute atomic E-state index is 13.1. The van der Waals surface area contributed by atoms with Gasteiger partial charge < -0.3 is 19.9 Å². The van der Waals surface area contributed by atoms with Crippen LogP contribution in [0.2, 0.25) is 0 Å². The number of phosphoric ester groups is 1. The van der Waals surface area contributed by atoms with E-state index in [4.69, 9.17) is 33.5 Å². The minimum absolute atomic E-state index is 0.0332. The Kier molecular flexibility index (Phi) is 7.92. The Morgan fingerprint density at radius 2 is 2.14 bits per heavy atom. The van der Waals surface area contributed by atoms with Gasteiger partial charge >= 0.3 is 13.8 Å². The largest absolute Gasteiger partial charge is 0.476 e. The summed E-state index contributed by atoms with van der Waals surface area (Å²) in [6, 6.07) is 0. The van der Waals surface area contributed by atoms with Crippen LogP contribution in [0.1, 0.15) is 53.2 Å². The van der Waals surface area contributed by atoms with Crippen molar-refractivity contribution < 1.29 is 37.1 Å². The second-order valence-corrected chi connectivity index (χ2v) is 10.2. The quantitative estimate of drug-likeness (QED) is 0.281. The molecule has 2 aliphatic heterocycles. The standard InChI is InChI=1S/C21H32N5O8P/c1-5-13-17-14(10-31-35(28,34-17)30-9-7-8-15(27)32-12(3)4)33-20(13)26-11-23-16-18(26)24-21(22)25-19(16)29-6-2/h11-14,17,20H,5-10H2,1-4H3,(H2,22,24,25). The Hall–Kier alpha value is -2.31.